The molecular formula is C10H18OSi2. The van der Waals surface area contributed by atoms with Gasteiger partial charge in [-0.15, -0.1) is 26.3 Å². The second-order valence-corrected chi connectivity index (χ2v) is 10.7. The van der Waals surface area contributed by atoms with Crippen LogP contribution in [0.15, 0.2) is 49.1 Å². The highest BCUT2D eigenvalue weighted by molar-refractivity contribution is 6.95. The van der Waals surface area contributed by atoms with E-state index in [0.29, 0.717) is 0 Å². The van der Waals surface area contributed by atoms with Crippen LogP contribution in [0, 0.1) is 0 Å². The molecule has 13 heavy (non-hydrogen) atoms. The molecule has 0 saturated carbocycles. The zero-order chi connectivity index (χ0) is 10.5. The van der Waals surface area contributed by atoms with Crippen LogP contribution in [0.4, 0.5) is 0 Å². The summed E-state index contributed by atoms with van der Waals surface area (Å²) in [6.45, 7) is 19.3. The fraction of sp³-hybridized carbons (Fsp3) is 0.200. The summed E-state index contributed by atoms with van der Waals surface area (Å²) in [6.07, 6.45) is 0. The predicted molar refractivity (Wildman–Crippen MR) is 65.1 cm³/mol. The van der Waals surface area contributed by atoms with Crippen molar-refractivity contribution < 1.29 is 4.12 Å². The Morgan fingerprint density at radius 2 is 1.23 bits per heavy atom. The Balaban J connectivity index is 4.79. The lowest BCUT2D eigenvalue weighted by Gasteiger charge is -2.30. The Bertz CT molecular complexity index is 209. The summed E-state index contributed by atoms with van der Waals surface area (Å²) >= 11 is 0. The molecule has 0 saturated heterocycles. The second-order valence-electron chi connectivity index (χ2n) is 3.38. The minimum atomic E-state index is -2.09. The molecule has 0 fully saturated rings. The van der Waals surface area contributed by atoms with E-state index in [2.05, 4.69) is 39.4 Å². The highest BCUT2D eigenvalue weighted by atomic mass is 28.4. The highest BCUT2D eigenvalue weighted by Crippen LogP contribution is 2.17. The second kappa shape index (κ2) is 4.55. The van der Waals surface area contributed by atoms with Crippen LogP contribution < -0.4 is 0 Å². The van der Waals surface area contributed by atoms with Gasteiger partial charge in [0.1, 0.15) is 0 Å². The van der Waals surface area contributed by atoms with Gasteiger partial charge in [0.2, 0.25) is 0 Å². The van der Waals surface area contributed by atoms with E-state index in [0.717, 1.165) is 0 Å². The smallest absolute Gasteiger partial charge is 0.254 e. The summed E-state index contributed by atoms with van der Waals surface area (Å²) in [6, 6.07) is 0. The molecule has 0 aliphatic rings. The zero-order valence-corrected chi connectivity index (χ0v) is 10.5. The van der Waals surface area contributed by atoms with E-state index in [1.807, 2.05) is 22.8 Å². The van der Waals surface area contributed by atoms with Gasteiger partial charge >= 0.3 is 0 Å². The summed E-state index contributed by atoms with van der Waals surface area (Å²) in [5.41, 5.74) is 7.42. The zero-order valence-electron chi connectivity index (χ0n) is 8.55. The molecule has 0 N–H and O–H groups in total. The van der Waals surface area contributed by atoms with Gasteiger partial charge < -0.3 is 4.12 Å². The minimum Gasteiger partial charge on any atom is -0.443 e. The summed E-state index contributed by atoms with van der Waals surface area (Å²) in [5, 5.41) is 0. The van der Waals surface area contributed by atoms with E-state index >= 15 is 0 Å². The fourth-order valence-corrected chi connectivity index (χ4v) is 6.35. The lowest BCUT2D eigenvalue weighted by Crippen LogP contribution is -2.44. The highest BCUT2D eigenvalue weighted by Gasteiger charge is 2.31. The summed E-state index contributed by atoms with van der Waals surface area (Å²) in [7, 11) is -3.86. The van der Waals surface area contributed by atoms with Gasteiger partial charge in [-0.1, -0.05) is 22.8 Å². The first kappa shape index (κ1) is 12.4. The topological polar surface area (TPSA) is 9.23 Å². The Morgan fingerprint density at radius 3 is 1.46 bits per heavy atom. The monoisotopic (exact) mass is 210 g/mol. The van der Waals surface area contributed by atoms with Gasteiger partial charge in [0.25, 0.3) is 8.32 Å². The molecule has 0 aliphatic heterocycles. The van der Waals surface area contributed by atoms with Crippen LogP contribution >= 0.6 is 0 Å². The third kappa shape index (κ3) is 3.30. The first-order chi connectivity index (χ1) is 5.95. The molecule has 0 spiro atoms. The van der Waals surface area contributed by atoms with Crippen molar-refractivity contribution in [2.45, 2.75) is 13.1 Å². The molecule has 72 valence electrons. The molecule has 0 unspecified atom stereocenters. The average Bonchev–Trinajstić information content (AvgIpc) is 2.14. The molecule has 0 radical (unpaired) electrons. The molecule has 1 nitrogen and oxygen atoms in total. The Kier molecular flexibility index (Phi) is 4.32. The van der Waals surface area contributed by atoms with Crippen molar-refractivity contribution in [2.75, 3.05) is 0 Å². The first-order valence-electron chi connectivity index (χ1n) is 4.20. The van der Waals surface area contributed by atoms with Gasteiger partial charge in [-0.25, -0.2) is 0 Å². The van der Waals surface area contributed by atoms with Gasteiger partial charge in [-0.2, -0.15) is 0 Å². The van der Waals surface area contributed by atoms with Gasteiger partial charge in [0.05, 0.1) is 0 Å². The lowest BCUT2D eigenvalue weighted by molar-refractivity contribution is 0.582. The number of rotatable bonds is 6. The van der Waals surface area contributed by atoms with Crippen molar-refractivity contribution in [3.63, 3.8) is 0 Å². The van der Waals surface area contributed by atoms with Crippen LogP contribution in [-0.2, 0) is 4.12 Å². The maximum Gasteiger partial charge on any atom is 0.254 e. The SMILES string of the molecule is C=C[Si](C)(C)O[Si](C=C)(C=C)C=C. The van der Waals surface area contributed by atoms with Crippen molar-refractivity contribution in [3.05, 3.63) is 49.1 Å². The first-order valence-corrected chi connectivity index (χ1v) is 9.32. The molecule has 0 aliphatic carbocycles. The van der Waals surface area contributed by atoms with E-state index in [4.69, 9.17) is 4.12 Å². The van der Waals surface area contributed by atoms with Gasteiger partial charge in [0, 0.05) is 0 Å². The molecule has 0 aromatic carbocycles. The summed E-state index contributed by atoms with van der Waals surface area (Å²) in [5.74, 6) is 0. The van der Waals surface area contributed by atoms with Crippen molar-refractivity contribution in [1.29, 1.82) is 0 Å². The quantitative estimate of drug-likeness (QED) is 0.612. The fourth-order valence-electron chi connectivity index (χ4n) is 0.872. The van der Waals surface area contributed by atoms with Crippen LogP contribution in [0.2, 0.25) is 13.1 Å². The molecule has 0 bridgehead atoms. The summed E-state index contributed by atoms with van der Waals surface area (Å²) in [4.78, 5) is 0. The van der Waals surface area contributed by atoms with Crippen molar-refractivity contribution >= 4 is 16.6 Å². The normalized spacial score (nSPS) is 11.8. The third-order valence-electron chi connectivity index (χ3n) is 1.89. The van der Waals surface area contributed by atoms with Gasteiger partial charge in [-0.3, -0.25) is 0 Å². The van der Waals surface area contributed by atoms with E-state index in [1.165, 1.54) is 0 Å². The minimum absolute atomic E-state index is 1.76. The Hall–Kier alpha value is -0.646. The molecule has 0 amide bonds. The van der Waals surface area contributed by atoms with Crippen LogP contribution in [0.1, 0.15) is 0 Å². The molecule has 0 aromatic heterocycles. The van der Waals surface area contributed by atoms with Crippen molar-refractivity contribution in [1.82, 2.24) is 0 Å². The molecule has 0 heterocycles. The molecular weight excluding hydrogens is 192 g/mol. The van der Waals surface area contributed by atoms with Crippen LogP contribution in [0.5, 0.6) is 0 Å². The largest absolute Gasteiger partial charge is 0.443 e. The maximum absolute atomic E-state index is 6.03. The number of hydrogen-bond acceptors (Lipinski definition) is 1. The lowest BCUT2D eigenvalue weighted by atomic mass is 11.2. The van der Waals surface area contributed by atoms with E-state index < -0.39 is 16.6 Å². The average molecular weight is 210 g/mol. The Morgan fingerprint density at radius 1 is 0.846 bits per heavy atom. The Labute approximate surface area is 83.4 Å². The summed E-state index contributed by atoms with van der Waals surface area (Å²) < 4.78 is 6.03. The molecule has 3 heteroatoms. The molecule has 0 atom stereocenters. The maximum atomic E-state index is 6.03. The van der Waals surface area contributed by atoms with Gasteiger partial charge in [0.15, 0.2) is 8.32 Å². The van der Waals surface area contributed by atoms with E-state index in [1.54, 1.807) is 0 Å². The molecule has 0 aromatic rings. The standard InChI is InChI=1S/C10H18OSi2/c1-7-12(5,6)11-13(8-2,9-3)10-4/h7-10H,1-4H2,5-6H3. The van der Waals surface area contributed by atoms with E-state index in [-0.39, 0.29) is 0 Å². The number of hydrogen-bond donors (Lipinski definition) is 0. The van der Waals surface area contributed by atoms with Crippen molar-refractivity contribution in [2.24, 2.45) is 0 Å². The van der Waals surface area contributed by atoms with Crippen LogP contribution in [-0.4, -0.2) is 16.6 Å². The molecule has 0 rings (SSSR count). The third-order valence-corrected chi connectivity index (χ3v) is 8.30. The predicted octanol–water partition coefficient (Wildman–Crippen LogP) is 3.05. The van der Waals surface area contributed by atoms with E-state index in [9.17, 15) is 0 Å². The van der Waals surface area contributed by atoms with Gasteiger partial charge in [-0.05, 0) is 13.1 Å². The van der Waals surface area contributed by atoms with Crippen LogP contribution in [0.25, 0.3) is 0 Å². The van der Waals surface area contributed by atoms with Crippen molar-refractivity contribution in [3.8, 4) is 0 Å². The van der Waals surface area contributed by atoms with Crippen LogP contribution in [0.3, 0.4) is 0 Å².